The minimum atomic E-state index is -0.366. The number of anilines is 1. The minimum absolute atomic E-state index is 0.0147. The molecule has 1 aliphatic heterocycles. The molecule has 1 amide bonds. The molecule has 18 heavy (non-hydrogen) atoms. The van der Waals surface area contributed by atoms with Gasteiger partial charge < -0.3 is 5.32 Å². The van der Waals surface area contributed by atoms with Crippen LogP contribution in [-0.4, -0.2) is 21.4 Å². The van der Waals surface area contributed by atoms with Crippen LogP contribution in [-0.2, 0) is 4.79 Å². The maximum absolute atomic E-state index is 12.3. The van der Waals surface area contributed by atoms with Crippen LogP contribution in [0.25, 0.3) is 0 Å². The standard InChI is InChI=1S/C12H14Cl2N2OS/c1-7-6-8(13)15-10(14)9(7)16-11(17)12(2)4-3-5-18-12/h6H,3-5H2,1-2H3,(H,16,17). The molecule has 6 heteroatoms. The molecule has 0 radical (unpaired) electrons. The van der Waals surface area contributed by atoms with Crippen LogP contribution >= 0.6 is 35.0 Å². The second-order valence-corrected chi connectivity index (χ2v) is 6.91. The van der Waals surface area contributed by atoms with Gasteiger partial charge in [0.1, 0.15) is 5.15 Å². The van der Waals surface area contributed by atoms with Gasteiger partial charge in [-0.25, -0.2) is 4.98 Å². The summed E-state index contributed by atoms with van der Waals surface area (Å²) in [6.07, 6.45) is 1.96. The molecule has 1 saturated heterocycles. The van der Waals surface area contributed by atoms with E-state index < -0.39 is 0 Å². The van der Waals surface area contributed by atoms with Crippen LogP contribution in [0.4, 0.5) is 5.69 Å². The van der Waals surface area contributed by atoms with E-state index in [0.717, 1.165) is 24.2 Å². The number of nitrogens with one attached hydrogen (secondary N) is 1. The van der Waals surface area contributed by atoms with E-state index in [4.69, 9.17) is 23.2 Å². The summed E-state index contributed by atoms with van der Waals surface area (Å²) in [6.45, 7) is 3.81. The normalized spacial score (nSPS) is 23.1. The van der Waals surface area contributed by atoms with Gasteiger partial charge in [-0.3, -0.25) is 4.79 Å². The van der Waals surface area contributed by atoms with Gasteiger partial charge in [0, 0.05) is 0 Å². The van der Waals surface area contributed by atoms with Crippen molar-refractivity contribution in [3.63, 3.8) is 0 Å². The van der Waals surface area contributed by atoms with Crippen molar-refractivity contribution in [2.24, 2.45) is 0 Å². The quantitative estimate of drug-likeness (QED) is 0.842. The Kier molecular flexibility index (Phi) is 4.09. The number of nitrogens with zero attached hydrogens (tertiary/aromatic N) is 1. The molecule has 0 aliphatic carbocycles. The Morgan fingerprint density at radius 3 is 2.83 bits per heavy atom. The van der Waals surface area contributed by atoms with Gasteiger partial charge in [0.15, 0.2) is 5.15 Å². The maximum Gasteiger partial charge on any atom is 0.240 e. The summed E-state index contributed by atoms with van der Waals surface area (Å²) in [5, 5.41) is 3.44. The zero-order valence-electron chi connectivity index (χ0n) is 10.2. The van der Waals surface area contributed by atoms with E-state index >= 15 is 0 Å². The van der Waals surface area contributed by atoms with Crippen molar-refractivity contribution in [3.05, 3.63) is 21.9 Å². The predicted octanol–water partition coefficient (Wildman–Crippen LogP) is 3.92. The van der Waals surface area contributed by atoms with Gasteiger partial charge >= 0.3 is 0 Å². The average Bonchev–Trinajstić information content (AvgIpc) is 2.71. The Morgan fingerprint density at radius 1 is 1.56 bits per heavy atom. The van der Waals surface area contributed by atoms with Crippen LogP contribution in [0.1, 0.15) is 25.3 Å². The van der Waals surface area contributed by atoms with Gasteiger partial charge in [-0.15, -0.1) is 11.8 Å². The van der Waals surface area contributed by atoms with E-state index in [0.29, 0.717) is 10.8 Å². The first-order chi connectivity index (χ1) is 8.42. The molecule has 2 rings (SSSR count). The highest BCUT2D eigenvalue weighted by atomic mass is 35.5. The second-order valence-electron chi connectivity index (χ2n) is 4.56. The van der Waals surface area contributed by atoms with Crippen molar-refractivity contribution in [2.45, 2.75) is 31.4 Å². The topological polar surface area (TPSA) is 42.0 Å². The highest BCUT2D eigenvalue weighted by Gasteiger charge is 2.37. The van der Waals surface area contributed by atoms with Crippen LogP contribution in [0, 0.1) is 6.92 Å². The molecular weight excluding hydrogens is 291 g/mol. The Hall–Kier alpha value is -0.450. The Balaban J connectivity index is 2.22. The highest BCUT2D eigenvalue weighted by molar-refractivity contribution is 8.01. The number of thioether (sulfide) groups is 1. The first kappa shape index (κ1) is 14.0. The zero-order chi connectivity index (χ0) is 13.3. The summed E-state index contributed by atoms with van der Waals surface area (Å²) in [5.41, 5.74) is 1.37. The Morgan fingerprint density at radius 2 is 2.28 bits per heavy atom. The number of pyridine rings is 1. The smallest absolute Gasteiger partial charge is 0.240 e. The van der Waals surface area contributed by atoms with Gasteiger partial charge in [0.2, 0.25) is 5.91 Å². The fourth-order valence-corrected chi connectivity index (χ4v) is 3.74. The number of carbonyl (C=O) groups excluding carboxylic acids is 1. The van der Waals surface area contributed by atoms with Gasteiger partial charge in [-0.1, -0.05) is 23.2 Å². The molecule has 1 aromatic rings. The maximum atomic E-state index is 12.3. The van der Waals surface area contributed by atoms with Gasteiger partial charge in [-0.05, 0) is 44.1 Å². The largest absolute Gasteiger partial charge is 0.322 e. The predicted molar refractivity (Wildman–Crippen MR) is 77.7 cm³/mol. The van der Waals surface area contributed by atoms with E-state index in [9.17, 15) is 4.79 Å². The Bertz CT molecular complexity index is 464. The monoisotopic (exact) mass is 304 g/mol. The summed E-state index contributed by atoms with van der Waals surface area (Å²) in [6, 6.07) is 1.69. The molecule has 3 nitrogen and oxygen atoms in total. The third-order valence-electron chi connectivity index (χ3n) is 3.08. The van der Waals surface area contributed by atoms with E-state index in [-0.39, 0.29) is 15.8 Å². The SMILES string of the molecule is Cc1cc(Cl)nc(Cl)c1NC(=O)C1(C)CCCS1. The fraction of sp³-hybridized carbons (Fsp3) is 0.500. The molecule has 1 N–H and O–H groups in total. The summed E-state index contributed by atoms with van der Waals surface area (Å²) in [4.78, 5) is 16.2. The molecule has 2 heterocycles. The Labute approximate surface area is 121 Å². The lowest BCUT2D eigenvalue weighted by Gasteiger charge is -2.22. The lowest BCUT2D eigenvalue weighted by Crippen LogP contribution is -2.35. The van der Waals surface area contributed by atoms with Crippen LogP contribution in [0.2, 0.25) is 10.3 Å². The van der Waals surface area contributed by atoms with Crippen molar-refractivity contribution >= 4 is 46.6 Å². The number of aryl methyl sites for hydroxylation is 1. The van der Waals surface area contributed by atoms with E-state index in [1.54, 1.807) is 17.8 Å². The summed E-state index contributed by atoms with van der Waals surface area (Å²) >= 11 is 13.5. The third-order valence-corrected chi connectivity index (χ3v) is 5.07. The van der Waals surface area contributed by atoms with Crippen LogP contribution in [0.3, 0.4) is 0 Å². The van der Waals surface area contributed by atoms with Crippen molar-refractivity contribution in [3.8, 4) is 0 Å². The van der Waals surface area contributed by atoms with Crippen LogP contribution < -0.4 is 5.32 Å². The van der Waals surface area contributed by atoms with Gasteiger partial charge in [0.05, 0.1) is 10.4 Å². The number of carbonyl (C=O) groups is 1. The molecule has 1 aliphatic rings. The lowest BCUT2D eigenvalue weighted by atomic mass is 10.0. The average molecular weight is 305 g/mol. The van der Waals surface area contributed by atoms with Crippen molar-refractivity contribution in [2.75, 3.05) is 11.1 Å². The molecule has 0 bridgehead atoms. The first-order valence-corrected chi connectivity index (χ1v) is 7.44. The van der Waals surface area contributed by atoms with Gasteiger partial charge in [-0.2, -0.15) is 0 Å². The number of hydrogen-bond acceptors (Lipinski definition) is 3. The number of rotatable bonds is 2. The minimum Gasteiger partial charge on any atom is -0.322 e. The fourth-order valence-electron chi connectivity index (χ4n) is 1.95. The summed E-state index contributed by atoms with van der Waals surface area (Å²) in [5.74, 6) is 1.01. The van der Waals surface area contributed by atoms with Crippen molar-refractivity contribution in [1.82, 2.24) is 4.98 Å². The van der Waals surface area contributed by atoms with E-state index in [1.165, 1.54) is 0 Å². The summed E-state index contributed by atoms with van der Waals surface area (Å²) in [7, 11) is 0. The molecule has 1 atom stereocenters. The van der Waals surface area contributed by atoms with Crippen LogP contribution in [0.5, 0.6) is 0 Å². The van der Waals surface area contributed by atoms with E-state index in [1.807, 2.05) is 13.8 Å². The lowest BCUT2D eigenvalue weighted by molar-refractivity contribution is -0.118. The van der Waals surface area contributed by atoms with Crippen LogP contribution in [0.15, 0.2) is 6.07 Å². The molecule has 98 valence electrons. The number of amides is 1. The molecule has 1 unspecified atom stereocenters. The second kappa shape index (κ2) is 5.27. The number of aromatic nitrogens is 1. The number of hydrogen-bond donors (Lipinski definition) is 1. The number of halogens is 2. The molecule has 0 aromatic carbocycles. The van der Waals surface area contributed by atoms with Gasteiger partial charge in [0.25, 0.3) is 0 Å². The summed E-state index contributed by atoms with van der Waals surface area (Å²) < 4.78 is -0.366. The molecule has 0 spiro atoms. The molecule has 1 aromatic heterocycles. The molecule has 0 saturated carbocycles. The molecule has 1 fully saturated rings. The first-order valence-electron chi connectivity index (χ1n) is 5.70. The van der Waals surface area contributed by atoms with E-state index in [2.05, 4.69) is 10.3 Å². The third kappa shape index (κ3) is 2.76. The molecular formula is C12H14Cl2N2OS. The zero-order valence-corrected chi connectivity index (χ0v) is 12.5. The van der Waals surface area contributed by atoms with Crippen molar-refractivity contribution in [1.29, 1.82) is 0 Å². The van der Waals surface area contributed by atoms with Crippen molar-refractivity contribution < 1.29 is 4.79 Å². The highest BCUT2D eigenvalue weighted by Crippen LogP contribution is 2.39.